The molecule has 0 bridgehead atoms. The third-order valence-corrected chi connectivity index (χ3v) is 10.7. The highest BCUT2D eigenvalue weighted by atomic mass is 16.5. The summed E-state index contributed by atoms with van der Waals surface area (Å²) in [5.41, 5.74) is 0.384. The van der Waals surface area contributed by atoms with Crippen LogP contribution in [0.15, 0.2) is 0 Å². The van der Waals surface area contributed by atoms with Gasteiger partial charge in [-0.3, -0.25) is 9.59 Å². The van der Waals surface area contributed by atoms with Gasteiger partial charge in [-0.2, -0.15) is 0 Å². The van der Waals surface area contributed by atoms with Crippen molar-refractivity contribution >= 4 is 11.9 Å². The van der Waals surface area contributed by atoms with E-state index in [1.54, 1.807) is 0 Å². The number of ether oxygens (including phenoxy) is 2. The second-order valence-electron chi connectivity index (χ2n) is 15.2. The van der Waals surface area contributed by atoms with Crippen LogP contribution in [0.3, 0.4) is 0 Å². The van der Waals surface area contributed by atoms with Gasteiger partial charge in [-0.1, -0.05) is 130 Å². The van der Waals surface area contributed by atoms with Crippen molar-refractivity contribution in [2.45, 2.75) is 207 Å². The van der Waals surface area contributed by atoms with E-state index in [1.807, 2.05) is 0 Å². The van der Waals surface area contributed by atoms with Gasteiger partial charge in [0.1, 0.15) is 0 Å². The van der Waals surface area contributed by atoms with E-state index in [0.29, 0.717) is 31.5 Å². The minimum Gasteiger partial charge on any atom is -0.466 e. The van der Waals surface area contributed by atoms with E-state index in [1.165, 1.54) is 122 Å². The standard InChI is InChI=1S/C42H81NO5/c1-4-7-10-11-12-14-17-27-40(45)47-37-22-16-13-15-20-33-43(35-36-44)34-21-19-29-42(31-32-42)30-28-41(46)48-38-23-18-26-39(24-8-5-2)25-9-6-3/h39,44H,4-38H2,1-3H3. The maximum atomic E-state index is 12.4. The van der Waals surface area contributed by atoms with E-state index in [4.69, 9.17) is 9.47 Å². The molecule has 0 unspecified atom stereocenters. The number of esters is 2. The number of rotatable bonds is 37. The van der Waals surface area contributed by atoms with Gasteiger partial charge in [0.15, 0.2) is 0 Å². The van der Waals surface area contributed by atoms with Crippen molar-refractivity contribution in [2.75, 3.05) is 39.5 Å². The molecular formula is C42H81NO5. The number of aliphatic hydroxyl groups excluding tert-OH is 1. The van der Waals surface area contributed by atoms with Crippen LogP contribution in [0.1, 0.15) is 207 Å². The van der Waals surface area contributed by atoms with Crippen molar-refractivity contribution < 1.29 is 24.2 Å². The first kappa shape index (κ1) is 44.9. The highest BCUT2D eigenvalue weighted by Gasteiger charge is 2.41. The zero-order valence-electron chi connectivity index (χ0n) is 32.4. The van der Waals surface area contributed by atoms with Crippen LogP contribution in [0.5, 0.6) is 0 Å². The maximum absolute atomic E-state index is 12.4. The lowest BCUT2D eigenvalue weighted by Crippen LogP contribution is -2.29. The first-order chi connectivity index (χ1) is 23.5. The molecule has 0 saturated heterocycles. The first-order valence-corrected chi connectivity index (χ1v) is 21.1. The van der Waals surface area contributed by atoms with E-state index in [9.17, 15) is 14.7 Å². The maximum Gasteiger partial charge on any atom is 0.305 e. The second kappa shape index (κ2) is 31.8. The molecule has 0 aromatic carbocycles. The Balaban J connectivity index is 2.03. The second-order valence-corrected chi connectivity index (χ2v) is 15.2. The van der Waals surface area contributed by atoms with Crippen molar-refractivity contribution in [3.63, 3.8) is 0 Å². The average Bonchev–Trinajstić information content (AvgIpc) is 3.86. The molecule has 0 radical (unpaired) electrons. The predicted octanol–water partition coefficient (Wildman–Crippen LogP) is 11.4. The zero-order valence-corrected chi connectivity index (χ0v) is 32.4. The molecule has 284 valence electrons. The summed E-state index contributed by atoms with van der Waals surface area (Å²) >= 11 is 0. The van der Waals surface area contributed by atoms with Crippen molar-refractivity contribution in [1.29, 1.82) is 0 Å². The molecule has 1 aliphatic rings. The molecule has 1 N–H and O–H groups in total. The van der Waals surface area contributed by atoms with Gasteiger partial charge in [0.05, 0.1) is 19.8 Å². The van der Waals surface area contributed by atoms with Crippen LogP contribution in [-0.4, -0.2) is 61.4 Å². The fraction of sp³-hybridized carbons (Fsp3) is 0.952. The molecule has 6 heteroatoms. The molecule has 0 aromatic heterocycles. The van der Waals surface area contributed by atoms with Gasteiger partial charge in [0.2, 0.25) is 0 Å². The number of hydrogen-bond donors (Lipinski definition) is 1. The van der Waals surface area contributed by atoms with Gasteiger partial charge in [-0.15, -0.1) is 0 Å². The molecule has 1 rings (SSSR count). The van der Waals surface area contributed by atoms with Gasteiger partial charge in [0, 0.05) is 19.4 Å². The number of carbonyl (C=O) groups excluding carboxylic acids is 2. The lowest BCUT2D eigenvalue weighted by atomic mass is 9.91. The minimum absolute atomic E-state index is 0.00345. The lowest BCUT2D eigenvalue weighted by molar-refractivity contribution is -0.145. The van der Waals surface area contributed by atoms with Gasteiger partial charge < -0.3 is 19.5 Å². The molecule has 0 aliphatic heterocycles. The summed E-state index contributed by atoms with van der Waals surface area (Å²) in [4.78, 5) is 26.8. The topological polar surface area (TPSA) is 76.1 Å². The first-order valence-electron chi connectivity index (χ1n) is 21.1. The molecule has 0 atom stereocenters. The fourth-order valence-electron chi connectivity index (χ4n) is 7.15. The lowest BCUT2D eigenvalue weighted by Gasteiger charge is -2.22. The van der Waals surface area contributed by atoms with E-state index in [0.717, 1.165) is 76.9 Å². The summed E-state index contributed by atoms with van der Waals surface area (Å²) in [6.07, 6.45) is 33.8. The predicted molar refractivity (Wildman–Crippen MR) is 202 cm³/mol. The quantitative estimate of drug-likeness (QED) is 0.0520. The van der Waals surface area contributed by atoms with E-state index >= 15 is 0 Å². The molecular weight excluding hydrogens is 598 g/mol. The number of hydrogen-bond acceptors (Lipinski definition) is 6. The van der Waals surface area contributed by atoms with Crippen molar-refractivity contribution in [3.8, 4) is 0 Å². The third-order valence-electron chi connectivity index (χ3n) is 10.7. The number of nitrogens with zero attached hydrogens (tertiary/aromatic N) is 1. The molecule has 0 heterocycles. The molecule has 48 heavy (non-hydrogen) atoms. The largest absolute Gasteiger partial charge is 0.466 e. The average molecular weight is 680 g/mol. The summed E-state index contributed by atoms with van der Waals surface area (Å²) in [6.45, 7) is 11.0. The van der Waals surface area contributed by atoms with Crippen molar-refractivity contribution in [3.05, 3.63) is 0 Å². The monoisotopic (exact) mass is 680 g/mol. The summed E-state index contributed by atoms with van der Waals surface area (Å²) in [7, 11) is 0. The minimum atomic E-state index is -0.0250. The number of carbonyl (C=O) groups is 2. The van der Waals surface area contributed by atoms with Crippen LogP contribution in [0.25, 0.3) is 0 Å². The molecule has 1 saturated carbocycles. The van der Waals surface area contributed by atoms with Crippen LogP contribution < -0.4 is 0 Å². The molecule has 0 aromatic rings. The molecule has 0 amide bonds. The zero-order chi connectivity index (χ0) is 35.0. The Morgan fingerprint density at radius 3 is 1.67 bits per heavy atom. The summed E-state index contributed by atoms with van der Waals surface area (Å²) < 4.78 is 11.0. The van der Waals surface area contributed by atoms with E-state index in [2.05, 4.69) is 25.7 Å². The summed E-state index contributed by atoms with van der Waals surface area (Å²) in [6, 6.07) is 0. The van der Waals surface area contributed by atoms with Gasteiger partial charge in [0.25, 0.3) is 0 Å². The molecule has 1 aliphatic carbocycles. The summed E-state index contributed by atoms with van der Waals surface area (Å²) in [5, 5.41) is 9.56. The van der Waals surface area contributed by atoms with Crippen LogP contribution >= 0.6 is 0 Å². The normalized spacial score (nSPS) is 13.8. The highest BCUT2D eigenvalue weighted by molar-refractivity contribution is 5.69. The highest BCUT2D eigenvalue weighted by Crippen LogP contribution is 2.53. The molecule has 0 spiro atoms. The SMILES string of the molecule is CCCCCCCCCC(=O)OCCCCCCCN(CCO)CCCCC1(CCC(=O)OCCCCC(CCCC)CCCC)CC1. The number of unbranched alkanes of at least 4 members (excludes halogenated alkanes) is 14. The fourth-order valence-corrected chi connectivity index (χ4v) is 7.15. The van der Waals surface area contributed by atoms with Crippen LogP contribution in [-0.2, 0) is 19.1 Å². The summed E-state index contributed by atoms with van der Waals surface area (Å²) in [5.74, 6) is 0.836. The van der Waals surface area contributed by atoms with Crippen LogP contribution in [0.4, 0.5) is 0 Å². The molecule has 6 nitrogen and oxygen atoms in total. The smallest absolute Gasteiger partial charge is 0.305 e. The van der Waals surface area contributed by atoms with Gasteiger partial charge in [-0.25, -0.2) is 0 Å². The van der Waals surface area contributed by atoms with Crippen molar-refractivity contribution in [1.82, 2.24) is 4.90 Å². The Morgan fingerprint density at radius 1 is 0.562 bits per heavy atom. The Labute approximate surface area is 298 Å². The van der Waals surface area contributed by atoms with Crippen LogP contribution in [0.2, 0.25) is 0 Å². The molecule has 1 fully saturated rings. The van der Waals surface area contributed by atoms with Crippen LogP contribution in [0, 0.1) is 11.3 Å². The Kier molecular flexibility index (Phi) is 29.7. The Hall–Kier alpha value is -1.14. The Bertz CT molecular complexity index is 732. The number of aliphatic hydroxyl groups is 1. The van der Waals surface area contributed by atoms with E-state index < -0.39 is 0 Å². The van der Waals surface area contributed by atoms with Gasteiger partial charge >= 0.3 is 11.9 Å². The van der Waals surface area contributed by atoms with Gasteiger partial charge in [-0.05, 0) is 88.6 Å². The third kappa shape index (κ3) is 26.7. The van der Waals surface area contributed by atoms with Crippen molar-refractivity contribution in [2.24, 2.45) is 11.3 Å². The Morgan fingerprint density at radius 2 is 1.06 bits per heavy atom. The van der Waals surface area contributed by atoms with E-state index in [-0.39, 0.29) is 18.5 Å².